The van der Waals surface area contributed by atoms with Crippen molar-refractivity contribution in [3.63, 3.8) is 0 Å². The Hall–Kier alpha value is -4.47. The number of hydrogen-bond donors (Lipinski definition) is 0. The van der Waals surface area contributed by atoms with Gasteiger partial charge in [0, 0.05) is 34.5 Å². The van der Waals surface area contributed by atoms with Crippen LogP contribution in [0.5, 0.6) is 11.5 Å². The maximum atomic E-state index is 6.49. The maximum Gasteiger partial charge on any atom is 2.00 e. The number of ether oxygens (including phenoxy) is 1. The number of pyridine rings is 1. The summed E-state index contributed by atoms with van der Waals surface area (Å²) in [5.74, 6) is 2.51. The number of nitrogens with zero attached hydrogens (tertiary/aromatic N) is 4. The van der Waals surface area contributed by atoms with Gasteiger partial charge in [0.25, 0.3) is 0 Å². The van der Waals surface area contributed by atoms with Crippen molar-refractivity contribution in [2.45, 2.75) is 73.6 Å². The monoisotopic (exact) mass is 839 g/mol. The molecule has 256 valence electrons. The molecule has 50 heavy (non-hydrogen) atoms. The van der Waals surface area contributed by atoms with Gasteiger partial charge in [-0.05, 0) is 84.0 Å². The van der Waals surface area contributed by atoms with Gasteiger partial charge < -0.3 is 9.30 Å². The van der Waals surface area contributed by atoms with Crippen LogP contribution in [-0.2, 0) is 27.5 Å². The summed E-state index contributed by atoms with van der Waals surface area (Å²) in [6.45, 7) is 15.6. The standard InChI is InChI=1S/C44H44N4O.Pt/c1-8-9-14-32-23-24-45-42(25-32)47-40-22-19-34(29(2)44(5,6)7)26-39(40)38-21-20-37(28-41(38)47)49-36-18-13-17-35(27-36)48-31(4)43(30(3)46-48)33-15-11-10-12-16-33;/h10-13,15-26,29H,8-9,14H2,1-7H3;/q-2;+2. The molecule has 1 atom stereocenters. The summed E-state index contributed by atoms with van der Waals surface area (Å²) in [5.41, 5.74) is 9.97. The first-order valence-corrected chi connectivity index (χ1v) is 17.4. The molecule has 0 aliphatic rings. The number of benzene rings is 4. The van der Waals surface area contributed by atoms with Gasteiger partial charge in [0.15, 0.2) is 0 Å². The third-order valence-electron chi connectivity index (χ3n) is 9.89. The second-order valence-electron chi connectivity index (χ2n) is 14.2. The Morgan fingerprint density at radius 3 is 2.38 bits per heavy atom. The Kier molecular flexibility index (Phi) is 10.2. The molecule has 5 nitrogen and oxygen atoms in total. The molecule has 0 aliphatic heterocycles. The van der Waals surface area contributed by atoms with Crippen LogP contribution in [-0.4, -0.2) is 19.3 Å². The zero-order chi connectivity index (χ0) is 34.3. The molecule has 1 unspecified atom stereocenters. The van der Waals surface area contributed by atoms with E-state index in [0.29, 0.717) is 17.4 Å². The number of unbranched alkanes of at least 4 members (excludes halogenated alkanes) is 1. The molecule has 0 aliphatic carbocycles. The molecule has 4 aromatic carbocycles. The Balaban J connectivity index is 0.00000432. The van der Waals surface area contributed by atoms with Gasteiger partial charge >= 0.3 is 21.1 Å². The summed E-state index contributed by atoms with van der Waals surface area (Å²) in [6, 6.07) is 38.8. The van der Waals surface area contributed by atoms with Gasteiger partial charge in [0.2, 0.25) is 0 Å². The summed E-state index contributed by atoms with van der Waals surface area (Å²) in [4.78, 5) is 4.87. The average Bonchev–Trinajstić information content (AvgIpc) is 3.59. The molecule has 0 fully saturated rings. The summed E-state index contributed by atoms with van der Waals surface area (Å²) >= 11 is 0. The number of fused-ring (bicyclic) bond motifs is 3. The van der Waals surface area contributed by atoms with E-state index >= 15 is 0 Å². The minimum Gasteiger partial charge on any atom is -0.509 e. The number of rotatable bonds is 9. The van der Waals surface area contributed by atoms with Crippen molar-refractivity contribution in [3.05, 3.63) is 132 Å². The van der Waals surface area contributed by atoms with Crippen LogP contribution in [0.2, 0.25) is 0 Å². The van der Waals surface area contributed by atoms with E-state index < -0.39 is 0 Å². The quantitative estimate of drug-likeness (QED) is 0.136. The van der Waals surface area contributed by atoms with E-state index in [-0.39, 0.29) is 26.5 Å². The van der Waals surface area contributed by atoms with Crippen molar-refractivity contribution < 1.29 is 25.8 Å². The van der Waals surface area contributed by atoms with E-state index in [4.69, 9.17) is 14.8 Å². The molecule has 0 spiro atoms. The van der Waals surface area contributed by atoms with Crippen molar-refractivity contribution in [1.82, 2.24) is 19.3 Å². The molecule has 0 radical (unpaired) electrons. The van der Waals surface area contributed by atoms with E-state index in [0.717, 1.165) is 69.7 Å². The number of aryl methyl sites for hydroxylation is 2. The Labute approximate surface area is 310 Å². The van der Waals surface area contributed by atoms with Gasteiger partial charge in [-0.1, -0.05) is 89.0 Å². The fraction of sp³-hybridized carbons (Fsp3) is 0.273. The van der Waals surface area contributed by atoms with Gasteiger partial charge in [-0.25, -0.2) is 4.98 Å². The molecule has 7 aromatic rings. The second kappa shape index (κ2) is 14.4. The van der Waals surface area contributed by atoms with Gasteiger partial charge in [-0.15, -0.1) is 35.7 Å². The second-order valence-corrected chi connectivity index (χ2v) is 14.2. The smallest absolute Gasteiger partial charge is 0.509 e. The van der Waals surface area contributed by atoms with Crippen LogP contribution in [0, 0.1) is 31.4 Å². The largest absolute Gasteiger partial charge is 2.00 e. The van der Waals surface area contributed by atoms with Crippen molar-refractivity contribution >= 4 is 21.8 Å². The molecule has 6 heteroatoms. The summed E-state index contributed by atoms with van der Waals surface area (Å²) in [7, 11) is 0. The van der Waals surface area contributed by atoms with Crippen LogP contribution in [0.25, 0.3) is 44.4 Å². The Morgan fingerprint density at radius 1 is 0.840 bits per heavy atom. The summed E-state index contributed by atoms with van der Waals surface area (Å²) in [5, 5.41) is 7.21. The first-order valence-electron chi connectivity index (χ1n) is 17.4. The maximum absolute atomic E-state index is 6.49. The van der Waals surface area contributed by atoms with E-state index in [1.54, 1.807) is 0 Å². The van der Waals surface area contributed by atoms with Gasteiger partial charge in [-0.3, -0.25) is 4.68 Å². The first-order chi connectivity index (χ1) is 23.6. The molecule has 0 saturated heterocycles. The number of aromatic nitrogens is 4. The van der Waals surface area contributed by atoms with E-state index in [1.165, 1.54) is 16.5 Å². The van der Waals surface area contributed by atoms with E-state index in [2.05, 4.69) is 126 Å². The van der Waals surface area contributed by atoms with Gasteiger partial charge in [0.05, 0.1) is 5.69 Å². The predicted octanol–water partition coefficient (Wildman–Crippen LogP) is 11.5. The van der Waals surface area contributed by atoms with Crippen LogP contribution in [0.3, 0.4) is 0 Å². The molecule has 3 heterocycles. The predicted molar refractivity (Wildman–Crippen MR) is 201 cm³/mol. The Morgan fingerprint density at radius 2 is 1.62 bits per heavy atom. The molecule has 3 aromatic heterocycles. The molecule has 7 rings (SSSR count). The fourth-order valence-corrected chi connectivity index (χ4v) is 6.77. The molecule has 0 amide bonds. The average molecular weight is 840 g/mol. The van der Waals surface area contributed by atoms with Gasteiger partial charge in [-0.2, -0.15) is 17.2 Å². The van der Waals surface area contributed by atoms with Crippen LogP contribution in [0.1, 0.15) is 75.9 Å². The molecule has 0 N–H and O–H groups in total. The topological polar surface area (TPSA) is 44.9 Å². The fourth-order valence-electron chi connectivity index (χ4n) is 6.77. The van der Waals surface area contributed by atoms with Gasteiger partial charge in [0.1, 0.15) is 5.82 Å². The molecular formula is C44H44N4OPt. The van der Waals surface area contributed by atoms with Crippen LogP contribution >= 0.6 is 0 Å². The van der Waals surface area contributed by atoms with Crippen LogP contribution in [0.15, 0.2) is 97.2 Å². The third-order valence-corrected chi connectivity index (χ3v) is 9.89. The minimum atomic E-state index is 0. The minimum absolute atomic E-state index is 0. The van der Waals surface area contributed by atoms with E-state index in [9.17, 15) is 0 Å². The van der Waals surface area contributed by atoms with Crippen molar-refractivity contribution in [1.29, 1.82) is 0 Å². The summed E-state index contributed by atoms with van der Waals surface area (Å²) < 4.78 is 10.7. The Bertz CT molecular complexity index is 2280. The van der Waals surface area contributed by atoms with Crippen LogP contribution < -0.4 is 4.74 Å². The molecule has 0 saturated carbocycles. The van der Waals surface area contributed by atoms with Crippen molar-refractivity contribution in [2.24, 2.45) is 5.41 Å². The zero-order valence-electron chi connectivity index (χ0n) is 29.9. The first kappa shape index (κ1) is 35.4. The number of hydrogen-bond acceptors (Lipinski definition) is 3. The third kappa shape index (κ3) is 6.81. The van der Waals surface area contributed by atoms with E-state index in [1.807, 2.05) is 41.2 Å². The van der Waals surface area contributed by atoms with Crippen molar-refractivity contribution in [2.75, 3.05) is 0 Å². The zero-order valence-corrected chi connectivity index (χ0v) is 32.2. The summed E-state index contributed by atoms with van der Waals surface area (Å²) in [6.07, 6.45) is 5.26. The van der Waals surface area contributed by atoms with Crippen LogP contribution in [0.4, 0.5) is 0 Å². The normalized spacial score (nSPS) is 12.3. The molecular weight excluding hydrogens is 796 g/mol. The molecule has 0 bridgehead atoms. The SMILES string of the molecule is CCCCc1ccnc(-n2c3[c-]c(Oc4[c-]c(-n5nc(C)c(-c6ccccc6)c5C)ccc4)ccc3c3cc(C(C)C(C)(C)C)ccc32)c1.[Pt+2]. The van der Waals surface area contributed by atoms with Crippen molar-refractivity contribution in [3.8, 4) is 34.1 Å².